The molecular formula is C14H22N2O3. The summed E-state index contributed by atoms with van der Waals surface area (Å²) >= 11 is 0. The quantitative estimate of drug-likeness (QED) is 0.608. The average molecular weight is 266 g/mol. The van der Waals surface area contributed by atoms with Crippen LogP contribution in [0.5, 0.6) is 0 Å². The van der Waals surface area contributed by atoms with Crippen LogP contribution in [-0.4, -0.2) is 30.8 Å². The van der Waals surface area contributed by atoms with E-state index in [1.165, 1.54) is 0 Å². The maximum absolute atomic E-state index is 12.1. The fourth-order valence-electron chi connectivity index (χ4n) is 1.63. The molecule has 0 radical (unpaired) electrons. The molecule has 1 rings (SSSR count). The van der Waals surface area contributed by atoms with Crippen LogP contribution < -0.4 is 5.32 Å². The van der Waals surface area contributed by atoms with Crippen LogP contribution in [0, 0.1) is 6.92 Å². The van der Waals surface area contributed by atoms with Gasteiger partial charge in [-0.3, -0.25) is 4.79 Å². The van der Waals surface area contributed by atoms with Gasteiger partial charge in [0.05, 0.1) is 18.9 Å². The van der Waals surface area contributed by atoms with E-state index in [0.29, 0.717) is 36.8 Å². The number of rotatable bonds is 7. The molecule has 0 fully saturated rings. The van der Waals surface area contributed by atoms with E-state index in [1.54, 1.807) is 6.92 Å². The first kappa shape index (κ1) is 15.4. The van der Waals surface area contributed by atoms with Crippen molar-refractivity contribution in [3.8, 4) is 0 Å². The van der Waals surface area contributed by atoms with E-state index in [1.807, 2.05) is 20.8 Å². The molecule has 1 aromatic heterocycles. The maximum atomic E-state index is 12.1. The Balaban J connectivity index is 2.50. The van der Waals surface area contributed by atoms with Gasteiger partial charge in [-0.25, -0.2) is 0 Å². The van der Waals surface area contributed by atoms with Crippen LogP contribution in [0.4, 0.5) is 0 Å². The summed E-state index contributed by atoms with van der Waals surface area (Å²) in [5, 5.41) is 6.65. The molecule has 1 N–H and O–H groups in total. The highest BCUT2D eigenvalue weighted by Crippen LogP contribution is 2.21. The second-order valence-corrected chi connectivity index (χ2v) is 4.93. The Morgan fingerprint density at radius 1 is 1.53 bits per heavy atom. The van der Waals surface area contributed by atoms with E-state index in [0.717, 1.165) is 5.57 Å². The monoisotopic (exact) mass is 266 g/mol. The standard InChI is InChI=1S/C14H22N2O3/c1-9(2)8-18-7-6-15-14(17)12-11(5)16-19-13(12)10(3)4/h10H,1,6-8H2,2-5H3,(H,15,17). The molecule has 0 saturated heterocycles. The maximum Gasteiger partial charge on any atom is 0.256 e. The fraction of sp³-hybridized carbons (Fsp3) is 0.571. The highest BCUT2D eigenvalue weighted by Gasteiger charge is 2.21. The Kier molecular flexibility index (Phi) is 5.76. The van der Waals surface area contributed by atoms with Crippen molar-refractivity contribution >= 4 is 5.91 Å². The van der Waals surface area contributed by atoms with E-state index in [-0.39, 0.29) is 11.8 Å². The predicted octanol–water partition coefficient (Wildman–Crippen LogP) is 2.43. The first-order chi connectivity index (χ1) is 8.93. The van der Waals surface area contributed by atoms with Gasteiger partial charge in [0.15, 0.2) is 5.76 Å². The minimum atomic E-state index is -0.165. The third-order valence-electron chi connectivity index (χ3n) is 2.52. The molecule has 0 atom stereocenters. The number of hydrogen-bond acceptors (Lipinski definition) is 4. The summed E-state index contributed by atoms with van der Waals surface area (Å²) in [6.45, 7) is 12.8. The summed E-state index contributed by atoms with van der Waals surface area (Å²) in [6.07, 6.45) is 0. The molecule has 0 aliphatic carbocycles. The number of aromatic nitrogens is 1. The molecule has 0 spiro atoms. The highest BCUT2D eigenvalue weighted by atomic mass is 16.5. The van der Waals surface area contributed by atoms with Gasteiger partial charge in [-0.2, -0.15) is 0 Å². The van der Waals surface area contributed by atoms with E-state index in [9.17, 15) is 4.79 Å². The number of carbonyl (C=O) groups is 1. The molecule has 0 aliphatic heterocycles. The van der Waals surface area contributed by atoms with Crippen molar-refractivity contribution < 1.29 is 14.1 Å². The van der Waals surface area contributed by atoms with Crippen molar-refractivity contribution in [2.75, 3.05) is 19.8 Å². The minimum Gasteiger partial charge on any atom is -0.375 e. The largest absolute Gasteiger partial charge is 0.375 e. The van der Waals surface area contributed by atoms with Gasteiger partial charge in [0.2, 0.25) is 0 Å². The van der Waals surface area contributed by atoms with Crippen molar-refractivity contribution in [1.29, 1.82) is 0 Å². The van der Waals surface area contributed by atoms with Crippen LogP contribution in [0.25, 0.3) is 0 Å². The normalized spacial score (nSPS) is 10.8. The van der Waals surface area contributed by atoms with Crippen LogP contribution in [-0.2, 0) is 4.74 Å². The SMILES string of the molecule is C=C(C)COCCNC(=O)c1c(C)noc1C(C)C. The molecule has 0 aromatic carbocycles. The van der Waals surface area contributed by atoms with Crippen LogP contribution >= 0.6 is 0 Å². The van der Waals surface area contributed by atoms with Crippen LogP contribution in [0.2, 0.25) is 0 Å². The van der Waals surface area contributed by atoms with Gasteiger partial charge in [0.1, 0.15) is 5.56 Å². The number of aryl methyl sites for hydroxylation is 1. The van der Waals surface area contributed by atoms with Gasteiger partial charge in [0, 0.05) is 12.5 Å². The molecule has 5 nitrogen and oxygen atoms in total. The Hall–Kier alpha value is -1.62. The van der Waals surface area contributed by atoms with Crippen molar-refractivity contribution in [3.63, 3.8) is 0 Å². The summed E-state index contributed by atoms with van der Waals surface area (Å²) in [4.78, 5) is 12.1. The Labute approximate surface area is 114 Å². The molecule has 5 heteroatoms. The zero-order valence-corrected chi connectivity index (χ0v) is 12.1. The molecule has 19 heavy (non-hydrogen) atoms. The van der Waals surface area contributed by atoms with E-state index < -0.39 is 0 Å². The molecule has 0 aliphatic rings. The Bertz CT molecular complexity index is 450. The van der Waals surface area contributed by atoms with Crippen molar-refractivity contribution in [2.24, 2.45) is 0 Å². The average Bonchev–Trinajstić information content (AvgIpc) is 2.70. The summed E-state index contributed by atoms with van der Waals surface area (Å²) in [5.74, 6) is 0.584. The van der Waals surface area contributed by atoms with Crippen LogP contribution in [0.1, 0.15) is 48.5 Å². The number of ether oxygens (including phenoxy) is 1. The van der Waals surface area contributed by atoms with Crippen LogP contribution in [0.3, 0.4) is 0 Å². The van der Waals surface area contributed by atoms with Crippen LogP contribution in [0.15, 0.2) is 16.7 Å². The lowest BCUT2D eigenvalue weighted by molar-refractivity contribution is 0.0924. The topological polar surface area (TPSA) is 64.4 Å². The van der Waals surface area contributed by atoms with Gasteiger partial charge < -0.3 is 14.6 Å². The van der Waals surface area contributed by atoms with Gasteiger partial charge in [-0.15, -0.1) is 0 Å². The van der Waals surface area contributed by atoms with E-state index in [2.05, 4.69) is 17.1 Å². The van der Waals surface area contributed by atoms with Gasteiger partial charge in [-0.1, -0.05) is 31.2 Å². The zero-order valence-electron chi connectivity index (χ0n) is 12.1. The zero-order chi connectivity index (χ0) is 14.4. The third-order valence-corrected chi connectivity index (χ3v) is 2.52. The minimum absolute atomic E-state index is 0.126. The highest BCUT2D eigenvalue weighted by molar-refractivity contribution is 5.96. The van der Waals surface area contributed by atoms with Gasteiger partial charge in [0.25, 0.3) is 5.91 Å². The van der Waals surface area contributed by atoms with Gasteiger partial charge in [-0.05, 0) is 13.8 Å². The molecule has 0 saturated carbocycles. The lowest BCUT2D eigenvalue weighted by atomic mass is 10.0. The third kappa shape index (κ3) is 4.52. The lowest BCUT2D eigenvalue weighted by Gasteiger charge is -2.07. The first-order valence-corrected chi connectivity index (χ1v) is 6.40. The van der Waals surface area contributed by atoms with Crippen molar-refractivity contribution in [1.82, 2.24) is 10.5 Å². The lowest BCUT2D eigenvalue weighted by Crippen LogP contribution is -2.28. The molecule has 1 amide bonds. The summed E-state index contributed by atoms with van der Waals surface area (Å²) in [7, 11) is 0. The summed E-state index contributed by atoms with van der Waals surface area (Å²) in [6, 6.07) is 0. The second kappa shape index (κ2) is 7.09. The van der Waals surface area contributed by atoms with Gasteiger partial charge >= 0.3 is 0 Å². The molecule has 1 heterocycles. The van der Waals surface area contributed by atoms with Crippen molar-refractivity contribution in [2.45, 2.75) is 33.6 Å². The van der Waals surface area contributed by atoms with E-state index in [4.69, 9.17) is 9.26 Å². The number of nitrogens with zero attached hydrogens (tertiary/aromatic N) is 1. The Morgan fingerprint density at radius 2 is 2.21 bits per heavy atom. The fourth-order valence-corrected chi connectivity index (χ4v) is 1.63. The van der Waals surface area contributed by atoms with Crippen molar-refractivity contribution in [3.05, 3.63) is 29.2 Å². The smallest absolute Gasteiger partial charge is 0.256 e. The Morgan fingerprint density at radius 3 is 2.79 bits per heavy atom. The molecule has 106 valence electrons. The molecule has 1 aromatic rings. The number of amides is 1. The molecule has 0 bridgehead atoms. The first-order valence-electron chi connectivity index (χ1n) is 6.40. The number of hydrogen-bond donors (Lipinski definition) is 1. The molecule has 0 unspecified atom stereocenters. The summed E-state index contributed by atoms with van der Waals surface area (Å²) < 4.78 is 10.5. The number of nitrogens with one attached hydrogen (secondary N) is 1. The second-order valence-electron chi connectivity index (χ2n) is 4.93. The molecular weight excluding hydrogens is 244 g/mol. The van der Waals surface area contributed by atoms with E-state index >= 15 is 0 Å². The predicted molar refractivity (Wildman–Crippen MR) is 73.3 cm³/mol. The number of carbonyl (C=O) groups excluding carboxylic acids is 1. The summed E-state index contributed by atoms with van der Waals surface area (Å²) in [5.41, 5.74) is 2.11.